The molecule has 1 aliphatic carbocycles. The van der Waals surface area contributed by atoms with Crippen LogP contribution in [0.4, 0.5) is 0 Å². The minimum Gasteiger partial charge on any atom is -0.301 e. The summed E-state index contributed by atoms with van der Waals surface area (Å²) in [6, 6.07) is 0.556. The van der Waals surface area contributed by atoms with Crippen molar-refractivity contribution in [2.75, 3.05) is 0 Å². The Morgan fingerprint density at radius 1 is 1.38 bits per heavy atom. The first-order valence-corrected chi connectivity index (χ1v) is 6.65. The van der Waals surface area contributed by atoms with Gasteiger partial charge in [-0.15, -0.1) is 0 Å². The van der Waals surface area contributed by atoms with Crippen LogP contribution in [0.5, 0.6) is 0 Å². The lowest BCUT2D eigenvalue weighted by Crippen LogP contribution is -2.27. The van der Waals surface area contributed by atoms with Crippen molar-refractivity contribution in [1.82, 2.24) is 14.8 Å². The van der Waals surface area contributed by atoms with Gasteiger partial charge < -0.3 is 4.57 Å². The minimum atomic E-state index is 0.556. The SMILES string of the molecule is Cc1n[nH]c(=S)n1C1CCCCC1C(C)C. The largest absolute Gasteiger partial charge is 0.301 e. The van der Waals surface area contributed by atoms with Crippen LogP contribution >= 0.6 is 12.2 Å². The molecule has 16 heavy (non-hydrogen) atoms. The predicted molar refractivity (Wildman–Crippen MR) is 68.0 cm³/mol. The van der Waals surface area contributed by atoms with Crippen molar-refractivity contribution in [2.45, 2.75) is 52.5 Å². The molecule has 2 unspecified atom stereocenters. The third-order valence-electron chi connectivity index (χ3n) is 3.85. The quantitative estimate of drug-likeness (QED) is 0.799. The van der Waals surface area contributed by atoms with E-state index in [1.54, 1.807) is 0 Å². The van der Waals surface area contributed by atoms with Gasteiger partial charge in [0.1, 0.15) is 5.82 Å². The van der Waals surface area contributed by atoms with E-state index in [1.807, 2.05) is 6.92 Å². The maximum absolute atomic E-state index is 5.34. The fourth-order valence-electron chi connectivity index (χ4n) is 3.01. The Balaban J connectivity index is 2.34. The van der Waals surface area contributed by atoms with Gasteiger partial charge >= 0.3 is 0 Å². The maximum Gasteiger partial charge on any atom is 0.195 e. The number of rotatable bonds is 2. The summed E-state index contributed by atoms with van der Waals surface area (Å²) in [5.74, 6) is 2.50. The van der Waals surface area contributed by atoms with Gasteiger partial charge in [-0.3, -0.25) is 5.10 Å². The molecule has 1 heterocycles. The number of nitrogens with one attached hydrogen (secondary N) is 1. The maximum atomic E-state index is 5.34. The Morgan fingerprint density at radius 3 is 2.62 bits per heavy atom. The van der Waals surface area contributed by atoms with Crippen molar-refractivity contribution >= 4 is 12.2 Å². The second-order valence-electron chi connectivity index (χ2n) is 5.21. The average Bonchev–Trinajstić information content (AvgIpc) is 2.58. The number of nitrogens with zero attached hydrogens (tertiary/aromatic N) is 2. The molecule has 0 aromatic carbocycles. The number of aromatic amines is 1. The first kappa shape index (κ1) is 11.8. The van der Waals surface area contributed by atoms with E-state index >= 15 is 0 Å². The number of aromatic nitrogens is 3. The Labute approximate surface area is 102 Å². The predicted octanol–water partition coefficient (Wildman–Crippen LogP) is 3.64. The van der Waals surface area contributed by atoms with Gasteiger partial charge in [0.2, 0.25) is 0 Å². The summed E-state index contributed by atoms with van der Waals surface area (Å²) in [5, 5.41) is 7.14. The molecule has 1 N–H and O–H groups in total. The fourth-order valence-corrected chi connectivity index (χ4v) is 3.33. The second kappa shape index (κ2) is 4.70. The molecule has 3 nitrogen and oxygen atoms in total. The summed E-state index contributed by atoms with van der Waals surface area (Å²) in [7, 11) is 0. The van der Waals surface area contributed by atoms with E-state index in [4.69, 9.17) is 12.2 Å². The highest BCUT2D eigenvalue weighted by molar-refractivity contribution is 7.71. The van der Waals surface area contributed by atoms with Gasteiger partial charge in [-0.1, -0.05) is 26.7 Å². The van der Waals surface area contributed by atoms with Crippen molar-refractivity contribution in [3.8, 4) is 0 Å². The molecular weight excluding hydrogens is 218 g/mol. The summed E-state index contributed by atoms with van der Waals surface area (Å²) in [6.45, 7) is 6.68. The smallest absolute Gasteiger partial charge is 0.195 e. The van der Waals surface area contributed by atoms with Gasteiger partial charge in [-0.25, -0.2) is 0 Å². The highest BCUT2D eigenvalue weighted by Crippen LogP contribution is 2.38. The lowest BCUT2D eigenvalue weighted by molar-refractivity contribution is 0.180. The third-order valence-corrected chi connectivity index (χ3v) is 4.14. The van der Waals surface area contributed by atoms with Gasteiger partial charge in [-0.2, -0.15) is 5.10 Å². The van der Waals surface area contributed by atoms with E-state index < -0.39 is 0 Å². The zero-order valence-corrected chi connectivity index (χ0v) is 11.2. The molecule has 0 saturated heterocycles. The molecule has 0 aliphatic heterocycles. The minimum absolute atomic E-state index is 0.556. The van der Waals surface area contributed by atoms with Crippen LogP contribution < -0.4 is 0 Å². The van der Waals surface area contributed by atoms with E-state index in [2.05, 4.69) is 28.6 Å². The van der Waals surface area contributed by atoms with Gasteiger partial charge in [-0.05, 0) is 43.8 Å². The molecule has 0 bridgehead atoms. The summed E-state index contributed by atoms with van der Waals surface area (Å²) < 4.78 is 3.02. The van der Waals surface area contributed by atoms with Crippen LogP contribution in [-0.4, -0.2) is 14.8 Å². The van der Waals surface area contributed by atoms with Crippen LogP contribution in [0.25, 0.3) is 0 Å². The molecular formula is C12H21N3S. The highest BCUT2D eigenvalue weighted by atomic mass is 32.1. The monoisotopic (exact) mass is 239 g/mol. The average molecular weight is 239 g/mol. The summed E-state index contributed by atoms with van der Waals surface area (Å²) >= 11 is 5.34. The number of aryl methyl sites for hydroxylation is 1. The number of H-pyrrole nitrogens is 1. The molecule has 0 amide bonds. The van der Waals surface area contributed by atoms with Crippen LogP contribution in [0.3, 0.4) is 0 Å². The Hall–Kier alpha value is -0.640. The zero-order chi connectivity index (χ0) is 11.7. The van der Waals surface area contributed by atoms with Gasteiger partial charge in [0.25, 0.3) is 0 Å². The first-order chi connectivity index (χ1) is 7.61. The molecule has 1 aromatic rings. The fraction of sp³-hybridized carbons (Fsp3) is 0.833. The molecule has 2 atom stereocenters. The van der Waals surface area contributed by atoms with Gasteiger partial charge in [0.15, 0.2) is 4.77 Å². The normalized spacial score (nSPS) is 26.2. The first-order valence-electron chi connectivity index (χ1n) is 6.24. The standard InChI is InChI=1S/C12H21N3S/c1-8(2)10-6-4-5-7-11(10)15-9(3)13-14-12(15)16/h8,10-11H,4-7H2,1-3H3,(H,14,16). The topological polar surface area (TPSA) is 33.6 Å². The number of hydrogen-bond donors (Lipinski definition) is 1. The lowest BCUT2D eigenvalue weighted by Gasteiger charge is -2.35. The molecule has 1 saturated carbocycles. The van der Waals surface area contributed by atoms with Crippen molar-refractivity contribution in [3.05, 3.63) is 10.6 Å². The van der Waals surface area contributed by atoms with Crippen molar-refractivity contribution in [3.63, 3.8) is 0 Å². The van der Waals surface area contributed by atoms with Crippen LogP contribution in [0.15, 0.2) is 0 Å². The van der Waals surface area contributed by atoms with Crippen LogP contribution in [-0.2, 0) is 0 Å². The summed E-state index contributed by atoms with van der Waals surface area (Å²) in [6.07, 6.45) is 5.26. The summed E-state index contributed by atoms with van der Waals surface area (Å²) in [4.78, 5) is 0. The molecule has 0 radical (unpaired) electrons. The van der Waals surface area contributed by atoms with Crippen LogP contribution in [0.1, 0.15) is 51.4 Å². The van der Waals surface area contributed by atoms with Crippen LogP contribution in [0.2, 0.25) is 0 Å². The highest BCUT2D eigenvalue weighted by Gasteiger charge is 2.30. The third kappa shape index (κ3) is 2.08. The number of hydrogen-bond acceptors (Lipinski definition) is 2. The Kier molecular flexibility index (Phi) is 3.47. The van der Waals surface area contributed by atoms with E-state index in [0.717, 1.165) is 22.4 Å². The second-order valence-corrected chi connectivity index (χ2v) is 5.59. The molecule has 1 aromatic heterocycles. The van der Waals surface area contributed by atoms with E-state index in [1.165, 1.54) is 25.7 Å². The molecule has 1 fully saturated rings. The Morgan fingerprint density at radius 2 is 2.06 bits per heavy atom. The van der Waals surface area contributed by atoms with E-state index in [-0.39, 0.29) is 0 Å². The van der Waals surface area contributed by atoms with Gasteiger partial charge in [0.05, 0.1) is 0 Å². The summed E-state index contributed by atoms with van der Waals surface area (Å²) in [5.41, 5.74) is 0. The molecule has 90 valence electrons. The molecule has 0 spiro atoms. The lowest BCUT2D eigenvalue weighted by atomic mass is 9.77. The van der Waals surface area contributed by atoms with Crippen molar-refractivity contribution in [1.29, 1.82) is 0 Å². The Bertz CT molecular complexity index is 405. The van der Waals surface area contributed by atoms with E-state index in [9.17, 15) is 0 Å². The van der Waals surface area contributed by atoms with Crippen LogP contribution in [0, 0.1) is 23.5 Å². The van der Waals surface area contributed by atoms with Crippen molar-refractivity contribution < 1.29 is 0 Å². The molecule has 1 aliphatic rings. The van der Waals surface area contributed by atoms with E-state index in [0.29, 0.717) is 6.04 Å². The zero-order valence-electron chi connectivity index (χ0n) is 10.4. The molecule has 4 heteroatoms. The van der Waals surface area contributed by atoms with Crippen molar-refractivity contribution in [2.24, 2.45) is 11.8 Å². The molecule has 2 rings (SSSR count). The van der Waals surface area contributed by atoms with Gasteiger partial charge in [0, 0.05) is 6.04 Å².